The number of hydrogen-bond donors (Lipinski definition) is 1. The Morgan fingerprint density at radius 1 is 1.56 bits per heavy atom. The molecule has 1 N–H and O–H groups in total. The lowest BCUT2D eigenvalue weighted by atomic mass is 10.1. The molecule has 0 radical (unpaired) electrons. The summed E-state index contributed by atoms with van der Waals surface area (Å²) in [5, 5.41) is 9.11. The van der Waals surface area contributed by atoms with Crippen LogP contribution in [0.2, 0.25) is 0 Å². The van der Waals surface area contributed by atoms with Gasteiger partial charge in [0.25, 0.3) is 0 Å². The molecule has 1 saturated heterocycles. The number of rotatable bonds is 4. The molecule has 0 saturated carbocycles. The van der Waals surface area contributed by atoms with Gasteiger partial charge >= 0.3 is 0 Å². The first kappa shape index (κ1) is 11.1. The van der Waals surface area contributed by atoms with Gasteiger partial charge in [0.15, 0.2) is 5.78 Å². The van der Waals surface area contributed by atoms with Crippen LogP contribution in [-0.2, 0) is 0 Å². The number of benzene rings is 1. The molecule has 1 aromatic carbocycles. The van der Waals surface area contributed by atoms with Gasteiger partial charge in [0, 0.05) is 18.7 Å². The first-order valence-corrected chi connectivity index (χ1v) is 5.26. The van der Waals surface area contributed by atoms with Crippen molar-refractivity contribution in [2.75, 3.05) is 26.7 Å². The fraction of sp³-hybridized carbons (Fsp3) is 0.417. The van der Waals surface area contributed by atoms with Gasteiger partial charge in [0.05, 0.1) is 19.8 Å². The zero-order valence-electron chi connectivity index (χ0n) is 9.22. The number of ether oxygens (including phenoxy) is 1. The van der Waals surface area contributed by atoms with E-state index in [1.807, 2.05) is 11.0 Å². The Balaban J connectivity index is 1.97. The van der Waals surface area contributed by atoms with Crippen LogP contribution in [0.15, 0.2) is 24.3 Å². The summed E-state index contributed by atoms with van der Waals surface area (Å²) in [7, 11) is 1.58. The number of carbonyl (C=O) groups is 1. The number of hydrogen-bond acceptors (Lipinski definition) is 4. The fourth-order valence-corrected chi connectivity index (χ4v) is 1.76. The van der Waals surface area contributed by atoms with Crippen molar-refractivity contribution in [1.82, 2.24) is 4.90 Å². The second kappa shape index (κ2) is 4.63. The van der Waals surface area contributed by atoms with Crippen LogP contribution in [0.3, 0.4) is 0 Å². The maximum atomic E-state index is 11.8. The number of likely N-dealkylation sites (tertiary alicyclic amines) is 1. The molecule has 2 rings (SSSR count). The molecular formula is C12H15NO3. The van der Waals surface area contributed by atoms with Crippen molar-refractivity contribution in [1.29, 1.82) is 0 Å². The number of β-amino-alcohol motifs (C(OH)–C–C–N with tert-alkyl or cyclic N) is 1. The minimum atomic E-state index is -0.266. The average molecular weight is 221 g/mol. The van der Waals surface area contributed by atoms with Gasteiger partial charge in [0.1, 0.15) is 5.75 Å². The average Bonchev–Trinajstić information content (AvgIpc) is 2.27. The summed E-state index contributed by atoms with van der Waals surface area (Å²) in [5.41, 5.74) is 0.653. The Kier molecular flexibility index (Phi) is 3.22. The van der Waals surface area contributed by atoms with Crippen molar-refractivity contribution in [3.05, 3.63) is 29.8 Å². The first-order valence-electron chi connectivity index (χ1n) is 5.26. The molecular weight excluding hydrogens is 206 g/mol. The van der Waals surface area contributed by atoms with E-state index < -0.39 is 0 Å². The van der Waals surface area contributed by atoms with E-state index in [1.165, 1.54) is 0 Å². The molecule has 0 atom stereocenters. The third-order valence-electron chi connectivity index (χ3n) is 2.70. The molecule has 1 fully saturated rings. The molecule has 1 heterocycles. The summed E-state index contributed by atoms with van der Waals surface area (Å²) >= 11 is 0. The number of Topliss-reactive ketones (excluding diaryl/α,β-unsaturated/α-hetero) is 1. The van der Waals surface area contributed by atoms with E-state index in [-0.39, 0.29) is 11.9 Å². The normalized spacial score (nSPS) is 16.9. The number of nitrogens with zero attached hydrogens (tertiary/aromatic N) is 1. The zero-order valence-corrected chi connectivity index (χ0v) is 9.22. The number of carbonyl (C=O) groups excluding carboxylic acids is 1. The maximum absolute atomic E-state index is 11.8. The van der Waals surface area contributed by atoms with Crippen molar-refractivity contribution in [3.8, 4) is 5.75 Å². The Morgan fingerprint density at radius 2 is 2.31 bits per heavy atom. The van der Waals surface area contributed by atoms with Gasteiger partial charge in [-0.05, 0) is 12.1 Å². The van der Waals surface area contributed by atoms with Gasteiger partial charge in [-0.15, -0.1) is 0 Å². The Hall–Kier alpha value is -1.39. The molecule has 1 aliphatic rings. The van der Waals surface area contributed by atoms with E-state index in [9.17, 15) is 4.79 Å². The molecule has 0 aromatic heterocycles. The van der Waals surface area contributed by atoms with Crippen molar-refractivity contribution < 1.29 is 14.6 Å². The van der Waals surface area contributed by atoms with Crippen molar-refractivity contribution in [3.63, 3.8) is 0 Å². The van der Waals surface area contributed by atoms with Gasteiger partial charge in [0.2, 0.25) is 0 Å². The Labute approximate surface area is 94.4 Å². The van der Waals surface area contributed by atoms with Crippen LogP contribution >= 0.6 is 0 Å². The van der Waals surface area contributed by atoms with Crippen LogP contribution < -0.4 is 4.74 Å². The number of aliphatic hydroxyl groups is 1. The molecule has 16 heavy (non-hydrogen) atoms. The van der Waals surface area contributed by atoms with E-state index >= 15 is 0 Å². The highest BCUT2D eigenvalue weighted by Crippen LogP contribution is 2.14. The lowest BCUT2D eigenvalue weighted by Crippen LogP contribution is -2.52. The van der Waals surface area contributed by atoms with E-state index in [0.717, 1.165) is 0 Å². The van der Waals surface area contributed by atoms with E-state index in [2.05, 4.69) is 0 Å². The lowest BCUT2D eigenvalue weighted by Gasteiger charge is -2.35. The van der Waals surface area contributed by atoms with E-state index in [4.69, 9.17) is 9.84 Å². The highest BCUT2D eigenvalue weighted by Gasteiger charge is 2.26. The SMILES string of the molecule is COc1cccc(C(=O)CN2CC(O)C2)c1. The number of methoxy groups -OCH3 is 1. The van der Waals surface area contributed by atoms with Crippen LogP contribution in [0.5, 0.6) is 5.75 Å². The third kappa shape index (κ3) is 2.40. The summed E-state index contributed by atoms with van der Waals surface area (Å²) in [5.74, 6) is 0.750. The summed E-state index contributed by atoms with van der Waals surface area (Å²) < 4.78 is 5.06. The Bertz CT molecular complexity index is 386. The zero-order chi connectivity index (χ0) is 11.5. The summed E-state index contributed by atoms with van der Waals surface area (Å²) in [6.07, 6.45) is -0.266. The van der Waals surface area contributed by atoms with E-state index in [0.29, 0.717) is 30.9 Å². The molecule has 0 amide bonds. The largest absolute Gasteiger partial charge is 0.497 e. The van der Waals surface area contributed by atoms with Crippen LogP contribution in [0.4, 0.5) is 0 Å². The van der Waals surface area contributed by atoms with Crippen molar-refractivity contribution in [2.24, 2.45) is 0 Å². The number of aliphatic hydroxyl groups excluding tert-OH is 1. The molecule has 0 unspecified atom stereocenters. The van der Waals surface area contributed by atoms with Gasteiger partial charge in [-0.1, -0.05) is 12.1 Å². The summed E-state index contributed by atoms with van der Waals surface area (Å²) in [4.78, 5) is 13.8. The molecule has 0 aliphatic carbocycles. The molecule has 0 spiro atoms. The molecule has 0 bridgehead atoms. The van der Waals surface area contributed by atoms with Gasteiger partial charge in [-0.3, -0.25) is 9.69 Å². The predicted octanol–water partition coefficient (Wildman–Crippen LogP) is 0.554. The van der Waals surface area contributed by atoms with Gasteiger partial charge < -0.3 is 9.84 Å². The van der Waals surface area contributed by atoms with E-state index in [1.54, 1.807) is 25.3 Å². The second-order valence-electron chi connectivity index (χ2n) is 4.00. The van der Waals surface area contributed by atoms with Gasteiger partial charge in [-0.2, -0.15) is 0 Å². The van der Waals surface area contributed by atoms with Crippen molar-refractivity contribution in [2.45, 2.75) is 6.10 Å². The van der Waals surface area contributed by atoms with Crippen LogP contribution in [-0.4, -0.2) is 48.6 Å². The molecule has 1 aromatic rings. The summed E-state index contributed by atoms with van der Waals surface area (Å²) in [6.45, 7) is 1.55. The molecule has 4 nitrogen and oxygen atoms in total. The quantitative estimate of drug-likeness (QED) is 0.754. The lowest BCUT2D eigenvalue weighted by molar-refractivity contribution is 0.00514. The third-order valence-corrected chi connectivity index (χ3v) is 2.70. The first-order chi connectivity index (χ1) is 7.69. The van der Waals surface area contributed by atoms with Crippen molar-refractivity contribution >= 4 is 5.78 Å². The van der Waals surface area contributed by atoms with Crippen LogP contribution in [0, 0.1) is 0 Å². The standard InChI is InChI=1S/C12H15NO3/c1-16-11-4-2-3-9(5-11)12(15)8-13-6-10(14)7-13/h2-5,10,14H,6-8H2,1H3. The maximum Gasteiger partial charge on any atom is 0.176 e. The molecule has 86 valence electrons. The van der Waals surface area contributed by atoms with Gasteiger partial charge in [-0.25, -0.2) is 0 Å². The fourth-order valence-electron chi connectivity index (χ4n) is 1.76. The molecule has 1 aliphatic heterocycles. The minimum Gasteiger partial charge on any atom is -0.497 e. The summed E-state index contributed by atoms with van der Waals surface area (Å²) in [6, 6.07) is 7.13. The Morgan fingerprint density at radius 3 is 2.94 bits per heavy atom. The number of ketones is 1. The predicted molar refractivity (Wildman–Crippen MR) is 59.8 cm³/mol. The second-order valence-corrected chi connectivity index (χ2v) is 4.00. The molecule has 4 heteroatoms. The highest BCUT2D eigenvalue weighted by molar-refractivity contribution is 5.98. The smallest absolute Gasteiger partial charge is 0.176 e. The minimum absolute atomic E-state index is 0.0609. The van der Waals surface area contributed by atoms with Crippen LogP contribution in [0.25, 0.3) is 0 Å². The highest BCUT2D eigenvalue weighted by atomic mass is 16.5. The van der Waals surface area contributed by atoms with Crippen LogP contribution in [0.1, 0.15) is 10.4 Å². The monoisotopic (exact) mass is 221 g/mol. The topological polar surface area (TPSA) is 49.8 Å².